The van der Waals surface area contributed by atoms with Crippen molar-refractivity contribution >= 4 is 17.9 Å². The molecule has 182 valence electrons. The van der Waals surface area contributed by atoms with Crippen LogP contribution in [0.4, 0.5) is 26.3 Å². The SMILES string of the molecule is CCC(C)(C)C(=O)OC12CC3CC(OC(=O)C(F)(F)F)(CC(OC(=O)C(F)(F)F)(C3)C1)C2. The van der Waals surface area contributed by atoms with Crippen molar-refractivity contribution in [3.63, 3.8) is 0 Å². The first kappa shape index (κ1) is 24.6. The van der Waals surface area contributed by atoms with Gasteiger partial charge in [0, 0.05) is 19.3 Å². The molecule has 12 heteroatoms. The predicted molar refractivity (Wildman–Crippen MR) is 93.8 cm³/mol. The highest BCUT2D eigenvalue weighted by Crippen LogP contribution is 2.63. The lowest BCUT2D eigenvalue weighted by Gasteiger charge is -2.63. The molecular weight excluding hydrogens is 450 g/mol. The monoisotopic (exact) mass is 474 g/mol. The molecule has 0 radical (unpaired) electrons. The summed E-state index contributed by atoms with van der Waals surface area (Å²) in [6, 6.07) is 0. The second kappa shape index (κ2) is 7.24. The molecule has 6 nitrogen and oxygen atoms in total. The lowest BCUT2D eigenvalue weighted by atomic mass is 9.50. The highest BCUT2D eigenvalue weighted by Gasteiger charge is 2.70. The molecule has 0 aliphatic heterocycles. The van der Waals surface area contributed by atoms with E-state index < -0.39 is 64.8 Å². The lowest BCUT2D eigenvalue weighted by Crippen LogP contribution is -2.69. The fraction of sp³-hybridized carbons (Fsp3) is 0.850. The van der Waals surface area contributed by atoms with Crippen LogP contribution in [0.3, 0.4) is 0 Å². The fourth-order valence-electron chi connectivity index (χ4n) is 5.51. The van der Waals surface area contributed by atoms with Crippen molar-refractivity contribution in [2.75, 3.05) is 0 Å². The highest BCUT2D eigenvalue weighted by molar-refractivity contribution is 5.78. The molecule has 32 heavy (non-hydrogen) atoms. The summed E-state index contributed by atoms with van der Waals surface area (Å²) in [7, 11) is 0. The summed E-state index contributed by atoms with van der Waals surface area (Å²) in [5.41, 5.74) is -6.21. The third kappa shape index (κ3) is 4.54. The maximum absolute atomic E-state index is 12.9. The second-order valence-electron chi connectivity index (χ2n) is 9.96. The molecule has 2 atom stereocenters. The number of hydrogen-bond donors (Lipinski definition) is 0. The van der Waals surface area contributed by atoms with Crippen LogP contribution in [-0.2, 0) is 28.6 Å². The molecule has 0 aromatic carbocycles. The number of ether oxygens (including phenoxy) is 3. The van der Waals surface area contributed by atoms with Crippen molar-refractivity contribution < 1.29 is 54.9 Å². The molecule has 4 aliphatic rings. The summed E-state index contributed by atoms with van der Waals surface area (Å²) >= 11 is 0. The Morgan fingerprint density at radius 1 is 0.719 bits per heavy atom. The van der Waals surface area contributed by atoms with Crippen LogP contribution in [0.15, 0.2) is 0 Å². The first-order valence-electron chi connectivity index (χ1n) is 10.2. The van der Waals surface area contributed by atoms with Crippen LogP contribution in [0, 0.1) is 11.3 Å². The van der Waals surface area contributed by atoms with Gasteiger partial charge in [-0.05, 0) is 45.4 Å². The topological polar surface area (TPSA) is 78.9 Å². The van der Waals surface area contributed by atoms with Gasteiger partial charge in [-0.3, -0.25) is 4.79 Å². The van der Waals surface area contributed by atoms with E-state index in [4.69, 9.17) is 14.2 Å². The van der Waals surface area contributed by atoms with Crippen molar-refractivity contribution in [2.45, 2.75) is 94.9 Å². The average Bonchev–Trinajstić information content (AvgIpc) is 2.57. The summed E-state index contributed by atoms with van der Waals surface area (Å²) in [6.07, 6.45) is -11.4. The largest absolute Gasteiger partial charge is 0.490 e. The van der Waals surface area contributed by atoms with E-state index in [0.717, 1.165) is 0 Å². The van der Waals surface area contributed by atoms with Crippen LogP contribution in [0.25, 0.3) is 0 Å². The minimum absolute atomic E-state index is 0.0589. The van der Waals surface area contributed by atoms with E-state index in [2.05, 4.69) is 0 Å². The van der Waals surface area contributed by atoms with Gasteiger partial charge in [0.05, 0.1) is 5.41 Å². The van der Waals surface area contributed by atoms with Crippen LogP contribution < -0.4 is 0 Å². The summed E-state index contributed by atoms with van der Waals surface area (Å²) in [6.45, 7) is 4.91. The second-order valence-corrected chi connectivity index (χ2v) is 9.96. The maximum atomic E-state index is 12.9. The van der Waals surface area contributed by atoms with Crippen molar-refractivity contribution in [1.82, 2.24) is 0 Å². The Morgan fingerprint density at radius 2 is 1.03 bits per heavy atom. The Hall–Kier alpha value is -2.01. The smallest absolute Gasteiger partial charge is 0.458 e. The van der Waals surface area contributed by atoms with Gasteiger partial charge < -0.3 is 14.2 Å². The van der Waals surface area contributed by atoms with E-state index in [-0.39, 0.29) is 32.1 Å². The number of rotatable bonds is 5. The van der Waals surface area contributed by atoms with Crippen molar-refractivity contribution in [3.8, 4) is 0 Å². The van der Waals surface area contributed by atoms with Gasteiger partial charge in [0.2, 0.25) is 0 Å². The van der Waals surface area contributed by atoms with Gasteiger partial charge in [-0.25, -0.2) is 9.59 Å². The minimum atomic E-state index is -5.33. The standard InChI is InChI=1S/C20H24F6O6/c1-4-15(2,3)12(27)30-16-5-11-6-17(8-16,31-13(28)19(21,22)23)10-18(7-11,9-16)32-14(29)20(24,25)26/h11H,4-10H2,1-3H3. The van der Waals surface area contributed by atoms with E-state index in [0.29, 0.717) is 6.42 Å². The summed E-state index contributed by atoms with van der Waals surface area (Å²) in [5.74, 6) is -6.23. The molecule has 0 spiro atoms. The van der Waals surface area contributed by atoms with Crippen LogP contribution in [0.1, 0.15) is 65.7 Å². The van der Waals surface area contributed by atoms with Crippen LogP contribution >= 0.6 is 0 Å². The quantitative estimate of drug-likeness (QED) is 0.334. The molecule has 0 aromatic rings. The van der Waals surface area contributed by atoms with Crippen LogP contribution in [0.2, 0.25) is 0 Å². The Balaban J connectivity index is 1.98. The molecule has 0 saturated heterocycles. The minimum Gasteiger partial charge on any atom is -0.458 e. The number of carbonyl (C=O) groups is 3. The number of alkyl halides is 6. The first-order chi connectivity index (χ1) is 14.4. The zero-order valence-corrected chi connectivity index (χ0v) is 17.7. The normalized spacial score (nSPS) is 34.2. The highest BCUT2D eigenvalue weighted by atomic mass is 19.4. The van der Waals surface area contributed by atoms with Crippen LogP contribution in [0.5, 0.6) is 0 Å². The predicted octanol–water partition coefficient (Wildman–Crippen LogP) is 4.39. The van der Waals surface area contributed by atoms with Crippen molar-refractivity contribution in [3.05, 3.63) is 0 Å². The molecule has 0 heterocycles. The molecule has 4 saturated carbocycles. The molecule has 4 rings (SSSR count). The molecule has 4 fully saturated rings. The Morgan fingerprint density at radius 3 is 1.31 bits per heavy atom. The zero-order chi connectivity index (χ0) is 24.4. The molecular formula is C20H24F6O6. The zero-order valence-electron chi connectivity index (χ0n) is 17.7. The van der Waals surface area contributed by atoms with Gasteiger partial charge in [0.1, 0.15) is 16.8 Å². The van der Waals surface area contributed by atoms with Crippen molar-refractivity contribution in [2.24, 2.45) is 11.3 Å². The summed E-state index contributed by atoms with van der Waals surface area (Å²) in [4.78, 5) is 36.0. The molecule has 0 N–H and O–H groups in total. The van der Waals surface area contributed by atoms with Crippen LogP contribution in [-0.4, -0.2) is 47.1 Å². The molecule has 0 aromatic heterocycles. The number of halogens is 6. The van der Waals surface area contributed by atoms with Gasteiger partial charge in [-0.1, -0.05) is 6.92 Å². The average molecular weight is 474 g/mol. The lowest BCUT2D eigenvalue weighted by molar-refractivity contribution is -0.292. The van der Waals surface area contributed by atoms with E-state index >= 15 is 0 Å². The number of esters is 3. The van der Waals surface area contributed by atoms with E-state index in [1.54, 1.807) is 20.8 Å². The van der Waals surface area contributed by atoms with E-state index in [1.165, 1.54) is 0 Å². The van der Waals surface area contributed by atoms with Gasteiger partial charge in [0.15, 0.2) is 0 Å². The van der Waals surface area contributed by atoms with Gasteiger partial charge >= 0.3 is 30.3 Å². The van der Waals surface area contributed by atoms with Crippen molar-refractivity contribution in [1.29, 1.82) is 0 Å². The maximum Gasteiger partial charge on any atom is 0.490 e. The fourth-order valence-corrected chi connectivity index (χ4v) is 5.51. The Labute approximate surface area is 179 Å². The Kier molecular flexibility index (Phi) is 5.58. The molecule has 4 bridgehead atoms. The van der Waals surface area contributed by atoms with Gasteiger partial charge in [-0.2, -0.15) is 26.3 Å². The van der Waals surface area contributed by atoms with E-state index in [1.807, 2.05) is 0 Å². The number of carbonyl (C=O) groups excluding carboxylic acids is 3. The van der Waals surface area contributed by atoms with Gasteiger partial charge in [-0.15, -0.1) is 0 Å². The third-order valence-corrected chi connectivity index (χ3v) is 6.74. The molecule has 4 aliphatic carbocycles. The molecule has 2 unspecified atom stereocenters. The summed E-state index contributed by atoms with van der Waals surface area (Å²) in [5, 5.41) is 0. The van der Waals surface area contributed by atoms with E-state index in [9.17, 15) is 40.7 Å². The van der Waals surface area contributed by atoms with Gasteiger partial charge in [0.25, 0.3) is 0 Å². The first-order valence-corrected chi connectivity index (χ1v) is 10.2. The molecule has 0 amide bonds. The third-order valence-electron chi connectivity index (χ3n) is 6.74. The summed E-state index contributed by atoms with van der Waals surface area (Å²) < 4.78 is 92.8. The number of hydrogen-bond acceptors (Lipinski definition) is 6. The Bertz CT molecular complexity index is 772.